The monoisotopic (exact) mass is 428 g/mol. The van der Waals surface area contributed by atoms with Gasteiger partial charge >= 0.3 is 0 Å². The van der Waals surface area contributed by atoms with Gasteiger partial charge in [0.25, 0.3) is 10.0 Å². The smallest absolute Gasteiger partial charge is 0.263 e. The van der Waals surface area contributed by atoms with Crippen LogP contribution in [-0.2, 0) is 10.0 Å². The number of hydrogen-bond donors (Lipinski definition) is 1. The summed E-state index contributed by atoms with van der Waals surface area (Å²) in [7, 11) is -3.76. The van der Waals surface area contributed by atoms with E-state index in [2.05, 4.69) is 25.6 Å². The maximum atomic E-state index is 12.6. The minimum atomic E-state index is -3.76. The molecule has 4 nitrogen and oxygen atoms in total. The summed E-state index contributed by atoms with van der Waals surface area (Å²) < 4.78 is 28.8. The minimum Gasteiger partial charge on any atom is -0.263 e. The van der Waals surface area contributed by atoms with Crippen LogP contribution in [0.25, 0.3) is 0 Å². The molecule has 24 heavy (non-hydrogen) atoms. The van der Waals surface area contributed by atoms with Gasteiger partial charge in [0.05, 0.1) is 10.4 Å². The molecular formula is C17H18BrClN2O2S. The topological polar surface area (TPSA) is 58.5 Å². The molecule has 0 spiro atoms. The predicted octanol–water partition coefficient (Wildman–Crippen LogP) is 4.63. The molecule has 0 radical (unpaired) electrons. The van der Waals surface area contributed by atoms with Crippen molar-refractivity contribution >= 4 is 43.4 Å². The zero-order valence-corrected chi connectivity index (χ0v) is 16.7. The normalized spacial score (nSPS) is 13.0. The third kappa shape index (κ3) is 5.33. The summed E-state index contributed by atoms with van der Waals surface area (Å²) in [5.41, 5.74) is 0.246. The average Bonchev–Trinajstić information content (AvgIpc) is 2.46. The second-order valence-electron chi connectivity index (χ2n) is 6.20. The minimum absolute atomic E-state index is 0.130. The molecule has 0 unspecified atom stereocenters. The molecule has 0 fully saturated rings. The van der Waals surface area contributed by atoms with E-state index >= 15 is 0 Å². The van der Waals surface area contributed by atoms with Crippen molar-refractivity contribution in [3.8, 4) is 0 Å². The van der Waals surface area contributed by atoms with Crippen molar-refractivity contribution in [1.29, 1.82) is 0 Å². The molecule has 0 saturated carbocycles. The van der Waals surface area contributed by atoms with E-state index in [1.807, 2.05) is 32.9 Å². The van der Waals surface area contributed by atoms with E-state index in [1.165, 1.54) is 24.3 Å². The van der Waals surface area contributed by atoms with E-state index in [9.17, 15) is 8.42 Å². The second-order valence-corrected chi connectivity index (χ2v) is 9.23. The van der Waals surface area contributed by atoms with Gasteiger partial charge in [-0.1, -0.05) is 39.7 Å². The number of aliphatic imine (C=N–C) groups is 1. The van der Waals surface area contributed by atoms with Crippen molar-refractivity contribution in [3.05, 3.63) is 63.6 Å². The van der Waals surface area contributed by atoms with Gasteiger partial charge in [-0.25, -0.2) is 8.42 Å². The third-order valence-corrected chi connectivity index (χ3v) is 5.06. The zero-order valence-electron chi connectivity index (χ0n) is 13.5. The summed E-state index contributed by atoms with van der Waals surface area (Å²) in [4.78, 5) is 4.65. The van der Waals surface area contributed by atoms with Crippen LogP contribution in [0.2, 0.25) is 5.02 Å². The van der Waals surface area contributed by atoms with E-state index in [1.54, 1.807) is 12.1 Å². The lowest BCUT2D eigenvalue weighted by atomic mass is 10.1. The first kappa shape index (κ1) is 19.0. The largest absolute Gasteiger partial charge is 0.263 e. The lowest BCUT2D eigenvalue weighted by molar-refractivity contribution is 0.578. The van der Waals surface area contributed by atoms with Crippen molar-refractivity contribution in [2.24, 2.45) is 4.99 Å². The van der Waals surface area contributed by atoms with Crippen molar-refractivity contribution in [2.75, 3.05) is 0 Å². The van der Waals surface area contributed by atoms with Gasteiger partial charge in [0, 0.05) is 15.1 Å². The molecule has 0 aliphatic rings. The van der Waals surface area contributed by atoms with Crippen molar-refractivity contribution in [2.45, 2.75) is 31.2 Å². The Bertz CT molecular complexity index is 840. The molecule has 0 heterocycles. The maximum Gasteiger partial charge on any atom is 0.263 e. The molecule has 0 aliphatic carbocycles. The van der Waals surface area contributed by atoms with Gasteiger partial charge in [-0.05, 0) is 57.2 Å². The number of hydrogen-bond acceptors (Lipinski definition) is 3. The highest BCUT2D eigenvalue weighted by atomic mass is 79.9. The van der Waals surface area contributed by atoms with Crippen LogP contribution >= 0.6 is 27.5 Å². The molecule has 7 heteroatoms. The first-order chi connectivity index (χ1) is 11.1. The quantitative estimate of drug-likeness (QED) is 0.571. The molecule has 0 bridgehead atoms. The molecule has 0 aliphatic heterocycles. The highest BCUT2D eigenvalue weighted by Crippen LogP contribution is 2.17. The van der Waals surface area contributed by atoms with Crippen LogP contribution in [0.3, 0.4) is 0 Å². The fraction of sp³-hybridized carbons (Fsp3) is 0.235. The first-order valence-electron chi connectivity index (χ1n) is 7.21. The van der Waals surface area contributed by atoms with Gasteiger partial charge < -0.3 is 0 Å². The number of nitrogens with zero attached hydrogens (tertiary/aromatic N) is 1. The molecule has 0 amide bonds. The molecule has 0 aromatic heterocycles. The Hall–Kier alpha value is -1.37. The van der Waals surface area contributed by atoms with E-state index in [4.69, 9.17) is 11.6 Å². The highest BCUT2D eigenvalue weighted by Gasteiger charge is 2.20. The average molecular weight is 430 g/mol. The molecule has 2 aromatic rings. The molecule has 2 rings (SSSR count). The predicted molar refractivity (Wildman–Crippen MR) is 102 cm³/mol. The first-order valence-corrected chi connectivity index (χ1v) is 9.86. The Balaban J connectivity index is 2.43. The van der Waals surface area contributed by atoms with E-state index in [0.717, 1.165) is 4.47 Å². The number of rotatable bonds is 3. The van der Waals surface area contributed by atoms with Gasteiger partial charge in [0.1, 0.15) is 5.84 Å². The highest BCUT2D eigenvalue weighted by molar-refractivity contribution is 9.10. The molecule has 128 valence electrons. The van der Waals surface area contributed by atoms with Crippen molar-refractivity contribution in [3.63, 3.8) is 0 Å². The molecule has 0 atom stereocenters. The standard InChI is InChI=1S/C17H18BrClN2O2S/c1-17(2,3)20-16(12-4-6-13(18)7-5-12)21-24(22,23)15-10-8-14(19)9-11-15/h4-11H,1-3H3,(H,20,21). The number of amidine groups is 1. The number of benzene rings is 2. The van der Waals surface area contributed by atoms with Gasteiger partial charge in [-0.2, -0.15) is 0 Å². The van der Waals surface area contributed by atoms with Crippen LogP contribution in [0.4, 0.5) is 0 Å². The van der Waals surface area contributed by atoms with Gasteiger partial charge in [-0.3, -0.25) is 9.71 Å². The Labute approximate surface area is 156 Å². The van der Waals surface area contributed by atoms with Crippen LogP contribution in [0.5, 0.6) is 0 Å². The Kier molecular flexibility index (Phi) is 5.73. The van der Waals surface area contributed by atoms with Gasteiger partial charge in [-0.15, -0.1) is 0 Å². The summed E-state index contributed by atoms with van der Waals surface area (Å²) in [6.45, 7) is 5.72. The fourth-order valence-electron chi connectivity index (χ4n) is 1.89. The van der Waals surface area contributed by atoms with Crippen LogP contribution in [0.15, 0.2) is 62.9 Å². The fourth-order valence-corrected chi connectivity index (χ4v) is 3.31. The lowest BCUT2D eigenvalue weighted by Crippen LogP contribution is -2.33. The molecule has 2 aromatic carbocycles. The van der Waals surface area contributed by atoms with E-state index in [-0.39, 0.29) is 4.90 Å². The summed E-state index contributed by atoms with van der Waals surface area (Å²) in [6, 6.07) is 13.3. The van der Waals surface area contributed by atoms with Crippen molar-refractivity contribution in [1.82, 2.24) is 4.72 Å². The molecule has 0 saturated heterocycles. The summed E-state index contributed by atoms with van der Waals surface area (Å²) in [5.74, 6) is 0.296. The molecule has 1 N–H and O–H groups in total. The summed E-state index contributed by atoms with van der Waals surface area (Å²) >= 11 is 9.19. The maximum absolute atomic E-state index is 12.6. The number of sulfonamides is 1. The Morgan fingerprint density at radius 2 is 1.58 bits per heavy atom. The van der Waals surface area contributed by atoms with E-state index in [0.29, 0.717) is 16.4 Å². The van der Waals surface area contributed by atoms with Crippen LogP contribution < -0.4 is 4.72 Å². The van der Waals surface area contributed by atoms with Gasteiger partial charge in [0.15, 0.2) is 0 Å². The summed E-state index contributed by atoms with van der Waals surface area (Å²) in [5, 5.41) is 0.477. The zero-order chi connectivity index (χ0) is 18.0. The number of nitrogens with one attached hydrogen (secondary N) is 1. The van der Waals surface area contributed by atoms with Crippen LogP contribution in [0.1, 0.15) is 26.3 Å². The number of halogens is 2. The lowest BCUT2D eigenvalue weighted by Gasteiger charge is -2.18. The SMILES string of the molecule is CC(C)(C)N=C(NS(=O)(=O)c1ccc(Cl)cc1)c1ccc(Br)cc1. The Morgan fingerprint density at radius 1 is 1.04 bits per heavy atom. The summed E-state index contributed by atoms with van der Waals surface area (Å²) in [6.07, 6.45) is 0. The second kappa shape index (κ2) is 7.25. The van der Waals surface area contributed by atoms with Crippen molar-refractivity contribution < 1.29 is 8.42 Å². The Morgan fingerprint density at radius 3 is 2.08 bits per heavy atom. The van der Waals surface area contributed by atoms with Gasteiger partial charge in [0.2, 0.25) is 0 Å². The van der Waals surface area contributed by atoms with E-state index < -0.39 is 15.6 Å². The molecular weight excluding hydrogens is 412 g/mol. The third-order valence-electron chi connectivity index (χ3n) is 2.92. The van der Waals surface area contributed by atoms with Crippen LogP contribution in [-0.4, -0.2) is 19.8 Å². The van der Waals surface area contributed by atoms with Crippen LogP contribution in [0, 0.1) is 0 Å².